The van der Waals surface area contributed by atoms with E-state index < -0.39 is 0 Å². The Morgan fingerprint density at radius 1 is 1.12 bits per heavy atom. The van der Waals surface area contributed by atoms with E-state index in [0.717, 1.165) is 19.0 Å². The summed E-state index contributed by atoms with van der Waals surface area (Å²) in [5, 5.41) is 3.66. The van der Waals surface area contributed by atoms with E-state index in [0.29, 0.717) is 11.8 Å². The van der Waals surface area contributed by atoms with Gasteiger partial charge in [0.2, 0.25) is 0 Å². The van der Waals surface area contributed by atoms with Crippen molar-refractivity contribution >= 4 is 11.6 Å². The fourth-order valence-electron chi connectivity index (χ4n) is 4.65. The average molecular weight is 367 g/mol. The van der Waals surface area contributed by atoms with Crippen LogP contribution >= 0.6 is 11.6 Å². The van der Waals surface area contributed by atoms with Crippen LogP contribution in [-0.2, 0) is 6.54 Å². The lowest BCUT2D eigenvalue weighted by Gasteiger charge is -2.38. The molecule has 1 heterocycles. The zero-order valence-corrected chi connectivity index (χ0v) is 15.9. The lowest BCUT2D eigenvalue weighted by atomic mass is 9.68. The molecular formula is C23H27ClN2. The zero-order valence-electron chi connectivity index (χ0n) is 15.2. The highest BCUT2D eigenvalue weighted by Crippen LogP contribution is 2.44. The fraction of sp³-hybridized carbons (Fsp3) is 0.435. The van der Waals surface area contributed by atoms with Crippen molar-refractivity contribution in [3.05, 3.63) is 77.7 Å². The molecule has 1 aromatic heterocycles. The summed E-state index contributed by atoms with van der Waals surface area (Å²) in [6, 6.07) is 4.17. The first-order valence-corrected chi connectivity index (χ1v) is 10.2. The number of alkyl halides is 1. The van der Waals surface area contributed by atoms with Crippen LogP contribution in [0.15, 0.2) is 72.1 Å². The van der Waals surface area contributed by atoms with E-state index in [4.69, 9.17) is 11.6 Å². The van der Waals surface area contributed by atoms with E-state index in [-0.39, 0.29) is 5.38 Å². The lowest BCUT2D eigenvalue weighted by molar-refractivity contribution is 0.279. The molecule has 0 aliphatic heterocycles. The molecule has 3 heteroatoms. The molecule has 0 aromatic carbocycles. The third-order valence-electron chi connectivity index (χ3n) is 5.80. The Morgan fingerprint density at radius 3 is 2.85 bits per heavy atom. The van der Waals surface area contributed by atoms with Crippen LogP contribution in [-0.4, -0.2) is 16.9 Å². The quantitative estimate of drug-likeness (QED) is 0.572. The molecule has 1 fully saturated rings. The summed E-state index contributed by atoms with van der Waals surface area (Å²) in [5.74, 6) is 2.17. The Balaban J connectivity index is 1.34. The number of aromatic nitrogens is 1. The van der Waals surface area contributed by atoms with Crippen molar-refractivity contribution in [1.29, 1.82) is 0 Å². The van der Waals surface area contributed by atoms with E-state index in [9.17, 15) is 0 Å². The van der Waals surface area contributed by atoms with Gasteiger partial charge in [-0.1, -0.05) is 42.0 Å². The van der Waals surface area contributed by atoms with Crippen LogP contribution in [0.5, 0.6) is 0 Å². The highest BCUT2D eigenvalue weighted by molar-refractivity contribution is 6.23. The van der Waals surface area contributed by atoms with Crippen LogP contribution in [0, 0.1) is 17.8 Å². The van der Waals surface area contributed by atoms with Crippen LogP contribution in [0.2, 0.25) is 0 Å². The van der Waals surface area contributed by atoms with Gasteiger partial charge in [-0.3, -0.25) is 4.98 Å². The minimum atomic E-state index is 0.0295. The largest absolute Gasteiger partial charge is 0.312 e. The SMILES string of the molecule is ClC1C=CC=C(C2CC3=CC(CNCc4ccncc4)CC(C3)C2)C=C1. The summed E-state index contributed by atoms with van der Waals surface area (Å²) in [5.41, 5.74) is 4.42. The van der Waals surface area contributed by atoms with Gasteiger partial charge in [0.1, 0.15) is 0 Å². The molecule has 0 radical (unpaired) electrons. The van der Waals surface area contributed by atoms with Crippen molar-refractivity contribution < 1.29 is 0 Å². The van der Waals surface area contributed by atoms with Crippen LogP contribution < -0.4 is 5.32 Å². The van der Waals surface area contributed by atoms with Crippen LogP contribution in [0.3, 0.4) is 0 Å². The van der Waals surface area contributed by atoms with E-state index in [1.54, 1.807) is 5.57 Å². The van der Waals surface area contributed by atoms with Crippen molar-refractivity contribution in [2.24, 2.45) is 17.8 Å². The number of rotatable bonds is 5. The van der Waals surface area contributed by atoms with Crippen molar-refractivity contribution in [3.8, 4) is 0 Å². The maximum Gasteiger partial charge on any atom is 0.0703 e. The molecule has 4 rings (SSSR count). The summed E-state index contributed by atoms with van der Waals surface area (Å²) in [6.07, 6.45) is 22.2. The molecule has 1 N–H and O–H groups in total. The molecule has 26 heavy (non-hydrogen) atoms. The Kier molecular flexibility index (Phi) is 5.72. The van der Waals surface area contributed by atoms with Crippen molar-refractivity contribution in [3.63, 3.8) is 0 Å². The van der Waals surface area contributed by atoms with Crippen molar-refractivity contribution in [1.82, 2.24) is 10.3 Å². The lowest BCUT2D eigenvalue weighted by Crippen LogP contribution is -2.30. The number of pyridine rings is 1. The minimum Gasteiger partial charge on any atom is -0.312 e. The maximum absolute atomic E-state index is 6.20. The smallest absolute Gasteiger partial charge is 0.0703 e. The second kappa shape index (κ2) is 8.37. The highest BCUT2D eigenvalue weighted by Gasteiger charge is 2.31. The van der Waals surface area contributed by atoms with Crippen LogP contribution in [0.4, 0.5) is 0 Å². The van der Waals surface area contributed by atoms with Crippen LogP contribution in [0.1, 0.15) is 31.2 Å². The van der Waals surface area contributed by atoms with Gasteiger partial charge in [0.15, 0.2) is 0 Å². The van der Waals surface area contributed by atoms with E-state index in [1.807, 2.05) is 12.4 Å². The molecule has 0 amide bonds. The number of nitrogens with one attached hydrogen (secondary N) is 1. The Morgan fingerprint density at radius 2 is 2.00 bits per heavy atom. The molecule has 2 nitrogen and oxygen atoms in total. The van der Waals surface area contributed by atoms with Gasteiger partial charge in [-0.2, -0.15) is 0 Å². The fourth-order valence-corrected chi connectivity index (χ4v) is 4.81. The number of halogens is 1. The minimum absolute atomic E-state index is 0.0295. The molecule has 4 atom stereocenters. The standard InChI is InChI=1S/C23H27ClN2/c24-23-3-1-2-21(4-5-23)22-13-18-10-19(14-22)12-20(11-18)16-26-15-17-6-8-25-9-7-17/h1-9,11,19-20,22-23,26H,10,12-16H2. The third-order valence-corrected chi connectivity index (χ3v) is 6.09. The average Bonchev–Trinajstić information content (AvgIpc) is 2.86. The van der Waals surface area contributed by atoms with Gasteiger partial charge >= 0.3 is 0 Å². The summed E-state index contributed by atoms with van der Waals surface area (Å²) >= 11 is 6.20. The van der Waals surface area contributed by atoms with Gasteiger partial charge < -0.3 is 5.32 Å². The number of allylic oxidation sites excluding steroid dienone is 7. The van der Waals surface area contributed by atoms with E-state index >= 15 is 0 Å². The first-order valence-electron chi connectivity index (χ1n) is 9.76. The molecule has 3 aliphatic rings. The predicted octanol–water partition coefficient (Wildman–Crippen LogP) is 5.19. The first kappa shape index (κ1) is 17.8. The molecule has 1 aromatic rings. The summed E-state index contributed by atoms with van der Waals surface area (Å²) in [4.78, 5) is 4.08. The zero-order chi connectivity index (χ0) is 17.8. The van der Waals surface area contributed by atoms with Gasteiger partial charge in [-0.15, -0.1) is 11.6 Å². The van der Waals surface area contributed by atoms with Crippen molar-refractivity contribution in [2.75, 3.05) is 6.54 Å². The second-order valence-corrected chi connectivity index (χ2v) is 8.37. The van der Waals surface area contributed by atoms with Gasteiger partial charge in [-0.25, -0.2) is 0 Å². The molecule has 0 saturated heterocycles. The van der Waals surface area contributed by atoms with Gasteiger partial charge in [-0.05, 0) is 66.7 Å². The maximum atomic E-state index is 6.20. The third kappa shape index (κ3) is 4.55. The monoisotopic (exact) mass is 366 g/mol. The van der Waals surface area contributed by atoms with Gasteiger partial charge in [0.25, 0.3) is 0 Å². The highest BCUT2D eigenvalue weighted by atomic mass is 35.5. The molecule has 2 bridgehead atoms. The summed E-state index contributed by atoms with van der Waals surface area (Å²) < 4.78 is 0. The number of nitrogens with zero attached hydrogens (tertiary/aromatic N) is 1. The Labute approximate surface area is 161 Å². The molecule has 1 saturated carbocycles. The van der Waals surface area contributed by atoms with Crippen molar-refractivity contribution in [2.45, 2.75) is 37.6 Å². The Hall–Kier alpha value is -1.64. The topological polar surface area (TPSA) is 24.9 Å². The van der Waals surface area contributed by atoms with Crippen LogP contribution in [0.25, 0.3) is 0 Å². The molecule has 136 valence electrons. The summed E-state index contributed by atoms with van der Waals surface area (Å²) in [6.45, 7) is 2.01. The number of fused-ring (bicyclic) bond motifs is 2. The summed E-state index contributed by atoms with van der Waals surface area (Å²) in [7, 11) is 0. The normalized spacial score (nSPS) is 30.5. The molecule has 0 spiro atoms. The van der Waals surface area contributed by atoms with E-state index in [2.05, 4.69) is 58.9 Å². The van der Waals surface area contributed by atoms with E-state index in [1.165, 1.54) is 36.8 Å². The number of hydrogen-bond donors (Lipinski definition) is 1. The molecule has 4 unspecified atom stereocenters. The second-order valence-electron chi connectivity index (χ2n) is 7.87. The predicted molar refractivity (Wildman–Crippen MR) is 109 cm³/mol. The molecule has 3 aliphatic carbocycles. The van der Waals surface area contributed by atoms with Gasteiger partial charge in [0, 0.05) is 25.5 Å². The van der Waals surface area contributed by atoms with Gasteiger partial charge in [0.05, 0.1) is 5.38 Å². The molecular weight excluding hydrogens is 340 g/mol. The first-order chi connectivity index (χ1) is 12.8. The number of hydrogen-bond acceptors (Lipinski definition) is 2. The Bertz CT molecular complexity index is 732.